The number of hydrogen-bond acceptors (Lipinski definition) is 7. The Hall–Kier alpha value is -2.15. The van der Waals surface area contributed by atoms with Crippen molar-refractivity contribution in [2.24, 2.45) is 35.0 Å². The van der Waals surface area contributed by atoms with Crippen molar-refractivity contribution in [1.29, 1.82) is 0 Å². The summed E-state index contributed by atoms with van der Waals surface area (Å²) in [4.78, 5) is 40.8. The molecule has 7 nitrogen and oxygen atoms in total. The summed E-state index contributed by atoms with van der Waals surface area (Å²) in [5.74, 6) is 1.35. The van der Waals surface area contributed by atoms with Crippen LogP contribution in [0.25, 0.3) is 0 Å². The lowest BCUT2D eigenvalue weighted by atomic mass is 9.49. The standard InChI is InChI=1S/C42H69NO6/c1-3-4-5-6-7-8-9-10-11-12-13-14-15-16-17-18-19-39(44)47-31-37(33-49-41(46)38-20-22-43(2)23-21-38)32-48-40(45)30-42-27-34-24-35(28-42)26-36(25-34)29-42/h7-8,10-11,34-38H,3-6,9,12-33H2,1-2H3/b8-7-,11-10-. The highest BCUT2D eigenvalue weighted by Crippen LogP contribution is 2.61. The van der Waals surface area contributed by atoms with E-state index in [1.54, 1.807) is 0 Å². The molecule has 5 fully saturated rings. The maximum absolute atomic E-state index is 13.1. The van der Waals surface area contributed by atoms with Crippen LogP contribution in [0.3, 0.4) is 0 Å². The molecule has 1 unspecified atom stereocenters. The van der Waals surface area contributed by atoms with Gasteiger partial charge in [0.1, 0.15) is 19.8 Å². The molecule has 4 saturated carbocycles. The van der Waals surface area contributed by atoms with Crippen LogP contribution in [0.15, 0.2) is 24.3 Å². The van der Waals surface area contributed by atoms with E-state index in [0.29, 0.717) is 12.8 Å². The summed E-state index contributed by atoms with van der Waals surface area (Å²) in [7, 11) is 2.07. The zero-order valence-electron chi connectivity index (χ0n) is 31.2. The molecule has 4 bridgehead atoms. The Labute approximate surface area is 298 Å². The van der Waals surface area contributed by atoms with Crippen LogP contribution in [0.1, 0.15) is 148 Å². The number of unbranched alkanes of at least 4 members (excludes halogenated alkanes) is 9. The second-order valence-electron chi connectivity index (χ2n) is 16.4. The largest absolute Gasteiger partial charge is 0.465 e. The van der Waals surface area contributed by atoms with Crippen LogP contribution in [0.4, 0.5) is 0 Å². The highest BCUT2D eigenvalue weighted by atomic mass is 16.6. The minimum Gasteiger partial charge on any atom is -0.465 e. The second kappa shape index (κ2) is 21.9. The van der Waals surface area contributed by atoms with Gasteiger partial charge in [-0.15, -0.1) is 0 Å². The lowest BCUT2D eigenvalue weighted by Crippen LogP contribution is -2.47. The minimum atomic E-state index is -0.352. The lowest BCUT2D eigenvalue weighted by molar-refractivity contribution is -0.159. The average molecular weight is 684 g/mol. The van der Waals surface area contributed by atoms with E-state index in [1.807, 2.05) is 0 Å². The first-order valence-corrected chi connectivity index (χ1v) is 20.3. The Morgan fingerprint density at radius 3 is 1.84 bits per heavy atom. The van der Waals surface area contributed by atoms with Gasteiger partial charge in [-0.3, -0.25) is 14.4 Å². The van der Waals surface area contributed by atoms with E-state index in [4.69, 9.17) is 14.2 Å². The van der Waals surface area contributed by atoms with Crippen LogP contribution in [-0.2, 0) is 28.6 Å². The Bertz CT molecular complexity index is 1010. The van der Waals surface area contributed by atoms with E-state index < -0.39 is 0 Å². The molecule has 4 aliphatic carbocycles. The molecule has 5 rings (SSSR count). The minimum absolute atomic E-state index is 0.0955. The fourth-order valence-corrected chi connectivity index (χ4v) is 9.32. The van der Waals surface area contributed by atoms with Gasteiger partial charge in [-0.1, -0.05) is 69.8 Å². The Kier molecular flexibility index (Phi) is 17.7. The average Bonchev–Trinajstić information content (AvgIpc) is 3.07. The number of piperidine rings is 1. The zero-order valence-corrected chi connectivity index (χ0v) is 31.2. The van der Waals surface area contributed by atoms with Gasteiger partial charge in [0.25, 0.3) is 0 Å². The van der Waals surface area contributed by atoms with Gasteiger partial charge in [0.05, 0.1) is 18.3 Å². The number of carbonyl (C=O) groups is 3. The van der Waals surface area contributed by atoms with Crippen molar-refractivity contribution in [1.82, 2.24) is 4.90 Å². The van der Waals surface area contributed by atoms with E-state index in [0.717, 1.165) is 75.8 Å². The molecular weight excluding hydrogens is 614 g/mol. The van der Waals surface area contributed by atoms with E-state index in [9.17, 15) is 14.4 Å². The maximum atomic E-state index is 13.1. The zero-order chi connectivity index (χ0) is 34.7. The van der Waals surface area contributed by atoms with Crippen LogP contribution < -0.4 is 0 Å². The predicted octanol–water partition coefficient (Wildman–Crippen LogP) is 9.38. The van der Waals surface area contributed by atoms with E-state index in [-0.39, 0.29) is 55.0 Å². The molecule has 0 N–H and O–H groups in total. The molecule has 1 aliphatic heterocycles. The molecule has 0 radical (unpaired) electrons. The van der Waals surface area contributed by atoms with Crippen LogP contribution in [0, 0.1) is 35.0 Å². The van der Waals surface area contributed by atoms with Gasteiger partial charge in [0.15, 0.2) is 0 Å². The van der Waals surface area contributed by atoms with Gasteiger partial charge in [-0.25, -0.2) is 0 Å². The van der Waals surface area contributed by atoms with Crippen LogP contribution in [-0.4, -0.2) is 62.8 Å². The predicted molar refractivity (Wildman–Crippen MR) is 196 cm³/mol. The summed E-state index contributed by atoms with van der Waals surface area (Å²) in [6.07, 6.45) is 33.1. The first-order chi connectivity index (χ1) is 23.8. The molecule has 5 aliphatic rings. The first-order valence-electron chi connectivity index (χ1n) is 20.3. The molecule has 49 heavy (non-hydrogen) atoms. The first kappa shape index (κ1) is 39.6. The van der Waals surface area contributed by atoms with E-state index >= 15 is 0 Å². The maximum Gasteiger partial charge on any atom is 0.309 e. The van der Waals surface area contributed by atoms with E-state index in [1.165, 1.54) is 83.5 Å². The summed E-state index contributed by atoms with van der Waals surface area (Å²) in [6.45, 7) is 4.34. The van der Waals surface area contributed by atoms with Gasteiger partial charge in [0.2, 0.25) is 0 Å². The number of carbonyl (C=O) groups excluding carboxylic acids is 3. The Morgan fingerprint density at radius 2 is 1.22 bits per heavy atom. The Morgan fingerprint density at radius 1 is 0.694 bits per heavy atom. The van der Waals surface area contributed by atoms with Gasteiger partial charge < -0.3 is 19.1 Å². The fraction of sp³-hybridized carbons (Fsp3) is 0.833. The number of nitrogens with zero attached hydrogens (tertiary/aromatic N) is 1. The van der Waals surface area contributed by atoms with Crippen LogP contribution in [0.2, 0.25) is 0 Å². The summed E-state index contributed by atoms with van der Waals surface area (Å²) in [6, 6.07) is 0. The summed E-state index contributed by atoms with van der Waals surface area (Å²) in [5.41, 5.74) is 0.121. The molecule has 0 aromatic carbocycles. The summed E-state index contributed by atoms with van der Waals surface area (Å²) >= 11 is 0. The monoisotopic (exact) mass is 684 g/mol. The van der Waals surface area contributed by atoms with Crippen molar-refractivity contribution in [3.8, 4) is 0 Å². The molecule has 278 valence electrons. The number of ether oxygens (including phenoxy) is 3. The molecule has 1 saturated heterocycles. The SMILES string of the molecule is CCCCC/C=C\C/C=C\CCCCCCCCC(=O)OCC(COC(=O)CC12CC3CC(CC(C3)C1)C2)COC(=O)C1CCN(C)CC1. The fourth-order valence-electron chi connectivity index (χ4n) is 9.32. The van der Waals surface area contributed by atoms with Crippen molar-refractivity contribution in [3.63, 3.8) is 0 Å². The molecule has 7 heteroatoms. The number of likely N-dealkylation sites (tertiary alicyclic amines) is 1. The third kappa shape index (κ3) is 14.9. The summed E-state index contributed by atoms with van der Waals surface area (Å²) < 4.78 is 17.2. The van der Waals surface area contributed by atoms with Crippen molar-refractivity contribution in [2.45, 2.75) is 148 Å². The molecule has 1 heterocycles. The van der Waals surface area contributed by atoms with Crippen molar-refractivity contribution < 1.29 is 28.6 Å². The van der Waals surface area contributed by atoms with Gasteiger partial charge in [0, 0.05) is 6.42 Å². The third-order valence-corrected chi connectivity index (χ3v) is 11.7. The third-order valence-electron chi connectivity index (χ3n) is 11.7. The van der Waals surface area contributed by atoms with E-state index in [2.05, 4.69) is 43.2 Å². The number of allylic oxidation sites excluding steroid dienone is 4. The quantitative estimate of drug-likeness (QED) is 0.0434. The molecule has 1 atom stereocenters. The highest BCUT2D eigenvalue weighted by Gasteiger charge is 2.51. The molecule has 0 aromatic heterocycles. The molecule has 0 spiro atoms. The van der Waals surface area contributed by atoms with Gasteiger partial charge in [-0.05, 0) is 133 Å². The van der Waals surface area contributed by atoms with Crippen LogP contribution >= 0.6 is 0 Å². The molecule has 0 amide bonds. The Balaban J connectivity index is 1.09. The van der Waals surface area contributed by atoms with Crippen LogP contribution in [0.5, 0.6) is 0 Å². The van der Waals surface area contributed by atoms with Crippen molar-refractivity contribution >= 4 is 17.9 Å². The second-order valence-corrected chi connectivity index (χ2v) is 16.4. The number of rotatable bonds is 24. The molecule has 0 aromatic rings. The highest BCUT2D eigenvalue weighted by molar-refractivity contribution is 5.72. The van der Waals surface area contributed by atoms with Gasteiger partial charge >= 0.3 is 17.9 Å². The summed E-state index contributed by atoms with van der Waals surface area (Å²) in [5, 5.41) is 0. The van der Waals surface area contributed by atoms with Crippen molar-refractivity contribution in [3.05, 3.63) is 24.3 Å². The topological polar surface area (TPSA) is 82.1 Å². The number of hydrogen-bond donors (Lipinski definition) is 0. The number of esters is 3. The normalized spacial score (nSPS) is 26.0. The smallest absolute Gasteiger partial charge is 0.309 e. The molecular formula is C42H69NO6. The lowest BCUT2D eigenvalue weighted by Gasteiger charge is -2.56. The van der Waals surface area contributed by atoms with Crippen molar-refractivity contribution in [2.75, 3.05) is 40.0 Å². The van der Waals surface area contributed by atoms with Gasteiger partial charge in [-0.2, -0.15) is 0 Å².